The zero-order valence-corrected chi connectivity index (χ0v) is 13.0. The van der Waals surface area contributed by atoms with Crippen molar-refractivity contribution < 1.29 is 0 Å². The molecule has 0 aliphatic heterocycles. The number of nitrogens with two attached hydrogens (primary N) is 1. The van der Waals surface area contributed by atoms with E-state index in [-0.39, 0.29) is 6.04 Å². The van der Waals surface area contributed by atoms with Gasteiger partial charge in [0, 0.05) is 24.8 Å². The van der Waals surface area contributed by atoms with Gasteiger partial charge in [0.25, 0.3) is 0 Å². The molecule has 0 spiro atoms. The van der Waals surface area contributed by atoms with Gasteiger partial charge in [-0.3, -0.25) is 0 Å². The normalized spacial score (nSPS) is 12.7. The van der Waals surface area contributed by atoms with Crippen LogP contribution in [0.2, 0.25) is 0 Å². The molecule has 2 heteroatoms. The molecule has 108 valence electrons. The molecule has 0 aliphatic rings. The van der Waals surface area contributed by atoms with Crippen LogP contribution in [0.1, 0.15) is 46.1 Å². The minimum Gasteiger partial charge on any atom is -0.372 e. The molecule has 1 aromatic carbocycles. The fourth-order valence-electron chi connectivity index (χ4n) is 2.49. The minimum absolute atomic E-state index is 0.234. The van der Waals surface area contributed by atoms with Gasteiger partial charge >= 0.3 is 0 Å². The summed E-state index contributed by atoms with van der Waals surface area (Å²) in [4.78, 5) is 2.48. The Bertz CT molecular complexity index is 339. The highest BCUT2D eigenvalue weighted by Gasteiger charge is 2.10. The summed E-state index contributed by atoms with van der Waals surface area (Å²) in [5.74, 6) is 0.795. The number of hydrogen-bond acceptors (Lipinski definition) is 2. The molecule has 0 radical (unpaired) electrons. The van der Waals surface area contributed by atoms with Crippen molar-refractivity contribution in [1.82, 2.24) is 0 Å². The quantitative estimate of drug-likeness (QED) is 0.771. The van der Waals surface area contributed by atoms with Crippen LogP contribution in [0.15, 0.2) is 24.3 Å². The largest absolute Gasteiger partial charge is 0.372 e. The molecule has 2 N–H and O–H groups in total. The van der Waals surface area contributed by atoms with Gasteiger partial charge in [-0.15, -0.1) is 0 Å². The third kappa shape index (κ3) is 5.23. The molecule has 1 aromatic rings. The number of rotatable bonds is 8. The van der Waals surface area contributed by atoms with Gasteiger partial charge in [0.2, 0.25) is 0 Å². The molecule has 0 aromatic heterocycles. The van der Waals surface area contributed by atoms with Gasteiger partial charge in [-0.25, -0.2) is 0 Å². The second kappa shape index (κ2) is 8.21. The Kier molecular flexibility index (Phi) is 6.93. The Hall–Kier alpha value is -1.02. The molecule has 2 nitrogen and oxygen atoms in total. The molecule has 0 bridgehead atoms. The molecule has 0 fully saturated rings. The molecule has 19 heavy (non-hydrogen) atoms. The lowest BCUT2D eigenvalue weighted by Crippen LogP contribution is -2.29. The number of nitrogens with zero attached hydrogens (tertiary/aromatic N) is 1. The van der Waals surface area contributed by atoms with E-state index < -0.39 is 0 Å². The number of anilines is 1. The fourth-order valence-corrected chi connectivity index (χ4v) is 2.49. The first-order valence-corrected chi connectivity index (χ1v) is 7.70. The van der Waals surface area contributed by atoms with Gasteiger partial charge in [0.15, 0.2) is 0 Å². The molecular formula is C17H30N2. The lowest BCUT2D eigenvalue weighted by molar-refractivity contribution is 0.486. The van der Waals surface area contributed by atoms with Crippen molar-refractivity contribution >= 4 is 5.69 Å². The lowest BCUT2D eigenvalue weighted by atomic mass is 10.0. The Balaban J connectivity index is 2.70. The van der Waals surface area contributed by atoms with Crippen LogP contribution in [0.5, 0.6) is 0 Å². The topological polar surface area (TPSA) is 29.3 Å². The van der Waals surface area contributed by atoms with Crippen molar-refractivity contribution in [3.8, 4) is 0 Å². The summed E-state index contributed by atoms with van der Waals surface area (Å²) in [6.07, 6.45) is 3.48. The first-order chi connectivity index (χ1) is 9.10. The first-order valence-electron chi connectivity index (χ1n) is 7.70. The van der Waals surface area contributed by atoms with Crippen molar-refractivity contribution in [1.29, 1.82) is 0 Å². The van der Waals surface area contributed by atoms with E-state index in [4.69, 9.17) is 5.73 Å². The van der Waals surface area contributed by atoms with E-state index in [1.54, 1.807) is 0 Å². The minimum atomic E-state index is 0.234. The summed E-state index contributed by atoms with van der Waals surface area (Å²) in [5, 5.41) is 0. The average molecular weight is 262 g/mol. The molecule has 0 saturated heterocycles. The van der Waals surface area contributed by atoms with Gasteiger partial charge < -0.3 is 10.6 Å². The van der Waals surface area contributed by atoms with E-state index in [0.29, 0.717) is 0 Å². The first kappa shape index (κ1) is 16.0. The Labute approximate surface area is 119 Å². The van der Waals surface area contributed by atoms with E-state index in [1.165, 1.54) is 24.1 Å². The van der Waals surface area contributed by atoms with Crippen LogP contribution in [0.4, 0.5) is 5.69 Å². The second-order valence-corrected chi connectivity index (χ2v) is 5.57. The zero-order chi connectivity index (χ0) is 14.3. The molecule has 1 rings (SSSR count). The van der Waals surface area contributed by atoms with Crippen LogP contribution in [-0.2, 0) is 6.42 Å². The summed E-state index contributed by atoms with van der Waals surface area (Å²) in [6.45, 7) is 11.1. The summed E-state index contributed by atoms with van der Waals surface area (Å²) in [5.41, 5.74) is 8.51. The second-order valence-electron chi connectivity index (χ2n) is 5.57. The van der Waals surface area contributed by atoms with E-state index in [9.17, 15) is 0 Å². The van der Waals surface area contributed by atoms with Crippen LogP contribution >= 0.6 is 0 Å². The highest BCUT2D eigenvalue weighted by atomic mass is 15.1. The van der Waals surface area contributed by atoms with E-state index >= 15 is 0 Å². The lowest BCUT2D eigenvalue weighted by Gasteiger charge is -2.27. The Morgan fingerprint density at radius 1 is 1.05 bits per heavy atom. The maximum atomic E-state index is 5.84. The maximum absolute atomic E-state index is 5.84. The maximum Gasteiger partial charge on any atom is 0.0366 e. The molecule has 1 atom stereocenters. The van der Waals surface area contributed by atoms with Gasteiger partial charge in [0.05, 0.1) is 0 Å². The SMILES string of the molecule is CCC(CC)CN(CC)c1ccc(CC(C)N)cc1. The summed E-state index contributed by atoms with van der Waals surface area (Å²) >= 11 is 0. The van der Waals surface area contributed by atoms with Gasteiger partial charge in [-0.1, -0.05) is 38.8 Å². The summed E-state index contributed by atoms with van der Waals surface area (Å²) < 4.78 is 0. The molecule has 0 saturated carbocycles. The van der Waals surface area contributed by atoms with Crippen molar-refractivity contribution in [2.45, 2.75) is 53.0 Å². The monoisotopic (exact) mass is 262 g/mol. The van der Waals surface area contributed by atoms with E-state index in [1.807, 2.05) is 0 Å². The van der Waals surface area contributed by atoms with Crippen molar-refractivity contribution in [2.75, 3.05) is 18.0 Å². The predicted molar refractivity (Wildman–Crippen MR) is 85.8 cm³/mol. The van der Waals surface area contributed by atoms with Crippen LogP contribution in [-0.4, -0.2) is 19.1 Å². The fraction of sp³-hybridized carbons (Fsp3) is 0.647. The highest BCUT2D eigenvalue weighted by Crippen LogP contribution is 2.19. The van der Waals surface area contributed by atoms with Crippen molar-refractivity contribution in [3.63, 3.8) is 0 Å². The number of hydrogen-bond donors (Lipinski definition) is 1. The van der Waals surface area contributed by atoms with Crippen molar-refractivity contribution in [3.05, 3.63) is 29.8 Å². The average Bonchev–Trinajstić information content (AvgIpc) is 2.41. The van der Waals surface area contributed by atoms with Crippen molar-refractivity contribution in [2.24, 2.45) is 11.7 Å². The Morgan fingerprint density at radius 3 is 2.05 bits per heavy atom. The molecule has 0 amide bonds. The van der Waals surface area contributed by atoms with E-state index in [2.05, 4.69) is 56.9 Å². The van der Waals surface area contributed by atoms with Gasteiger partial charge in [-0.05, 0) is 43.9 Å². The van der Waals surface area contributed by atoms with Crippen LogP contribution in [0, 0.1) is 5.92 Å². The zero-order valence-electron chi connectivity index (χ0n) is 13.0. The summed E-state index contributed by atoms with van der Waals surface area (Å²) in [7, 11) is 0. The molecular weight excluding hydrogens is 232 g/mol. The molecule has 0 aliphatic carbocycles. The van der Waals surface area contributed by atoms with Gasteiger partial charge in [-0.2, -0.15) is 0 Å². The smallest absolute Gasteiger partial charge is 0.0366 e. The van der Waals surface area contributed by atoms with Crippen LogP contribution in [0.25, 0.3) is 0 Å². The van der Waals surface area contributed by atoms with E-state index in [0.717, 1.165) is 25.4 Å². The standard InChI is InChI=1S/C17H30N2/c1-5-15(6-2)13-19(7-3)17-10-8-16(9-11-17)12-14(4)18/h8-11,14-15H,5-7,12-13,18H2,1-4H3. The van der Waals surface area contributed by atoms with Gasteiger partial charge in [0.1, 0.15) is 0 Å². The van der Waals surface area contributed by atoms with Crippen LogP contribution in [0.3, 0.4) is 0 Å². The van der Waals surface area contributed by atoms with Crippen LogP contribution < -0.4 is 10.6 Å². The third-order valence-electron chi connectivity index (χ3n) is 3.87. The predicted octanol–water partition coefficient (Wildman–Crippen LogP) is 3.84. The summed E-state index contributed by atoms with van der Waals surface area (Å²) in [6, 6.07) is 9.15. The third-order valence-corrected chi connectivity index (χ3v) is 3.87. The number of benzene rings is 1. The highest BCUT2D eigenvalue weighted by molar-refractivity contribution is 5.47. The molecule has 0 heterocycles. The Morgan fingerprint density at radius 2 is 1.63 bits per heavy atom. The molecule has 1 unspecified atom stereocenters.